The van der Waals surface area contributed by atoms with E-state index in [1.807, 2.05) is 11.7 Å². The van der Waals surface area contributed by atoms with Crippen LogP contribution in [0.4, 0.5) is 0 Å². The second kappa shape index (κ2) is 10.5. The standard InChI is InChI=1S/C19H28N6.HI/c1-15-6-8-18(9-7-15)24-19(20-2)22-11-16-4-3-5-17(10-16)12-25-14-21-13-23-25;/h3-5,10,13-15,18H,6-9,11-12H2,1-2H3,(H2,20,22,24);1H. The van der Waals surface area contributed by atoms with Crippen molar-refractivity contribution in [3.05, 3.63) is 48.0 Å². The highest BCUT2D eigenvalue weighted by molar-refractivity contribution is 14.0. The van der Waals surface area contributed by atoms with Gasteiger partial charge in [-0.15, -0.1) is 24.0 Å². The molecule has 0 spiro atoms. The summed E-state index contributed by atoms with van der Waals surface area (Å²) in [5.41, 5.74) is 2.45. The summed E-state index contributed by atoms with van der Waals surface area (Å²) in [4.78, 5) is 8.36. The molecule has 1 heterocycles. The number of hydrogen-bond acceptors (Lipinski definition) is 3. The van der Waals surface area contributed by atoms with Gasteiger partial charge in [0.15, 0.2) is 5.96 Å². The molecule has 0 unspecified atom stereocenters. The Morgan fingerprint density at radius 2 is 2.00 bits per heavy atom. The minimum Gasteiger partial charge on any atom is -0.354 e. The van der Waals surface area contributed by atoms with Crippen LogP contribution < -0.4 is 10.6 Å². The van der Waals surface area contributed by atoms with Crippen LogP contribution in [0, 0.1) is 5.92 Å². The highest BCUT2D eigenvalue weighted by atomic mass is 127. The summed E-state index contributed by atoms with van der Waals surface area (Å²) in [5, 5.41) is 11.2. The van der Waals surface area contributed by atoms with E-state index in [9.17, 15) is 0 Å². The monoisotopic (exact) mass is 468 g/mol. The Kier molecular flexibility index (Phi) is 8.34. The Balaban J connectivity index is 0.00000243. The van der Waals surface area contributed by atoms with Gasteiger partial charge in [0.1, 0.15) is 12.7 Å². The lowest BCUT2D eigenvalue weighted by Gasteiger charge is -2.28. The van der Waals surface area contributed by atoms with Gasteiger partial charge < -0.3 is 10.6 Å². The van der Waals surface area contributed by atoms with Crippen LogP contribution in [-0.4, -0.2) is 33.8 Å². The van der Waals surface area contributed by atoms with Crippen LogP contribution in [0.3, 0.4) is 0 Å². The van der Waals surface area contributed by atoms with Gasteiger partial charge in [-0.3, -0.25) is 4.99 Å². The molecule has 6 nitrogen and oxygen atoms in total. The Bertz CT molecular complexity index is 677. The molecule has 0 bridgehead atoms. The molecule has 1 aliphatic carbocycles. The fraction of sp³-hybridized carbons (Fsp3) is 0.526. The quantitative estimate of drug-likeness (QED) is 0.402. The van der Waals surface area contributed by atoms with Gasteiger partial charge in [0.05, 0.1) is 6.54 Å². The van der Waals surface area contributed by atoms with Gasteiger partial charge in [-0.05, 0) is 42.7 Å². The van der Waals surface area contributed by atoms with Gasteiger partial charge in [-0.2, -0.15) is 5.10 Å². The molecule has 1 aliphatic rings. The largest absolute Gasteiger partial charge is 0.354 e. The maximum Gasteiger partial charge on any atom is 0.191 e. The van der Waals surface area contributed by atoms with Crippen LogP contribution in [-0.2, 0) is 13.1 Å². The van der Waals surface area contributed by atoms with E-state index in [-0.39, 0.29) is 24.0 Å². The molecule has 2 aromatic rings. The summed E-state index contributed by atoms with van der Waals surface area (Å²) in [6.07, 6.45) is 8.37. The predicted molar refractivity (Wildman–Crippen MR) is 116 cm³/mol. The highest BCUT2D eigenvalue weighted by Crippen LogP contribution is 2.23. The van der Waals surface area contributed by atoms with Crippen LogP contribution in [0.5, 0.6) is 0 Å². The lowest BCUT2D eigenvalue weighted by Crippen LogP contribution is -2.44. The summed E-state index contributed by atoms with van der Waals surface area (Å²) in [7, 11) is 1.84. The Labute approximate surface area is 172 Å². The van der Waals surface area contributed by atoms with Gasteiger partial charge >= 0.3 is 0 Å². The van der Waals surface area contributed by atoms with E-state index in [4.69, 9.17) is 0 Å². The lowest BCUT2D eigenvalue weighted by molar-refractivity contribution is 0.329. The molecule has 0 radical (unpaired) electrons. The molecule has 26 heavy (non-hydrogen) atoms. The van der Waals surface area contributed by atoms with E-state index in [2.05, 4.69) is 56.9 Å². The summed E-state index contributed by atoms with van der Waals surface area (Å²) >= 11 is 0. The molecular weight excluding hydrogens is 439 g/mol. The topological polar surface area (TPSA) is 67.1 Å². The fourth-order valence-corrected chi connectivity index (χ4v) is 3.32. The Morgan fingerprint density at radius 1 is 1.23 bits per heavy atom. The first kappa shape index (κ1) is 20.7. The number of aromatic nitrogens is 3. The molecule has 1 fully saturated rings. The SMILES string of the molecule is CN=C(NCc1cccc(Cn2cncn2)c1)NC1CCC(C)CC1.I. The van der Waals surface area contributed by atoms with Crippen LogP contribution in [0.2, 0.25) is 0 Å². The second-order valence-corrected chi connectivity index (χ2v) is 6.94. The van der Waals surface area contributed by atoms with E-state index in [0.29, 0.717) is 6.04 Å². The average Bonchev–Trinajstić information content (AvgIpc) is 3.13. The fourth-order valence-electron chi connectivity index (χ4n) is 3.32. The van der Waals surface area contributed by atoms with E-state index < -0.39 is 0 Å². The van der Waals surface area contributed by atoms with Crippen molar-refractivity contribution >= 4 is 29.9 Å². The van der Waals surface area contributed by atoms with Crippen molar-refractivity contribution in [3.8, 4) is 0 Å². The zero-order chi connectivity index (χ0) is 17.5. The Hall–Kier alpha value is -1.64. The Morgan fingerprint density at radius 3 is 2.69 bits per heavy atom. The summed E-state index contributed by atoms with van der Waals surface area (Å²) in [5.74, 6) is 1.75. The molecule has 0 atom stereocenters. The minimum absolute atomic E-state index is 0. The van der Waals surface area contributed by atoms with Crippen molar-refractivity contribution in [1.82, 2.24) is 25.4 Å². The number of halogens is 1. The average molecular weight is 468 g/mol. The molecule has 0 aliphatic heterocycles. The van der Waals surface area contributed by atoms with Gasteiger partial charge in [-0.1, -0.05) is 31.2 Å². The molecule has 142 valence electrons. The van der Waals surface area contributed by atoms with E-state index in [0.717, 1.165) is 25.0 Å². The third-order valence-corrected chi connectivity index (χ3v) is 4.84. The van der Waals surface area contributed by atoms with Gasteiger partial charge in [-0.25, -0.2) is 9.67 Å². The first-order valence-electron chi connectivity index (χ1n) is 9.10. The molecule has 3 rings (SSSR count). The number of nitrogens with one attached hydrogen (secondary N) is 2. The first-order chi connectivity index (χ1) is 12.2. The number of aliphatic imine (C=N–C) groups is 1. The normalized spacial score (nSPS) is 20.3. The molecule has 1 aromatic heterocycles. The van der Waals surface area contributed by atoms with Crippen molar-refractivity contribution in [2.45, 2.75) is 51.7 Å². The van der Waals surface area contributed by atoms with Crippen molar-refractivity contribution < 1.29 is 0 Å². The minimum atomic E-state index is 0. The third kappa shape index (κ3) is 6.26. The number of benzene rings is 1. The molecule has 0 saturated heterocycles. The van der Waals surface area contributed by atoms with Gasteiger partial charge in [0.25, 0.3) is 0 Å². The van der Waals surface area contributed by atoms with Crippen LogP contribution >= 0.6 is 24.0 Å². The highest BCUT2D eigenvalue weighted by Gasteiger charge is 2.18. The maximum absolute atomic E-state index is 4.37. The van der Waals surface area contributed by atoms with Crippen molar-refractivity contribution in [1.29, 1.82) is 0 Å². The summed E-state index contributed by atoms with van der Waals surface area (Å²) in [6, 6.07) is 9.07. The number of rotatable bonds is 5. The first-order valence-corrected chi connectivity index (χ1v) is 9.10. The lowest BCUT2D eigenvalue weighted by atomic mass is 9.87. The number of guanidine groups is 1. The van der Waals surface area contributed by atoms with Gasteiger partial charge in [0.2, 0.25) is 0 Å². The van der Waals surface area contributed by atoms with Gasteiger partial charge in [0, 0.05) is 19.6 Å². The van der Waals surface area contributed by atoms with Crippen LogP contribution in [0.1, 0.15) is 43.7 Å². The van der Waals surface area contributed by atoms with Crippen molar-refractivity contribution in [2.24, 2.45) is 10.9 Å². The molecular formula is C19H29IN6. The van der Waals surface area contributed by atoms with Crippen LogP contribution in [0.15, 0.2) is 41.9 Å². The third-order valence-electron chi connectivity index (χ3n) is 4.84. The molecule has 2 N–H and O–H groups in total. The van der Waals surface area contributed by atoms with E-state index in [1.165, 1.54) is 36.8 Å². The maximum atomic E-state index is 4.37. The van der Waals surface area contributed by atoms with E-state index >= 15 is 0 Å². The van der Waals surface area contributed by atoms with Crippen LogP contribution in [0.25, 0.3) is 0 Å². The molecule has 1 saturated carbocycles. The summed E-state index contributed by atoms with van der Waals surface area (Å²) in [6.45, 7) is 3.84. The zero-order valence-corrected chi connectivity index (χ0v) is 17.9. The number of nitrogens with zero attached hydrogens (tertiary/aromatic N) is 4. The smallest absolute Gasteiger partial charge is 0.191 e. The number of hydrogen-bond donors (Lipinski definition) is 2. The predicted octanol–water partition coefficient (Wildman–Crippen LogP) is 3.19. The summed E-state index contributed by atoms with van der Waals surface area (Å²) < 4.78 is 1.83. The second-order valence-electron chi connectivity index (χ2n) is 6.94. The van der Waals surface area contributed by atoms with Crippen molar-refractivity contribution in [2.75, 3.05) is 7.05 Å². The molecule has 7 heteroatoms. The zero-order valence-electron chi connectivity index (χ0n) is 15.6. The van der Waals surface area contributed by atoms with Crippen molar-refractivity contribution in [3.63, 3.8) is 0 Å². The molecule has 1 aromatic carbocycles. The molecule has 0 amide bonds. The van der Waals surface area contributed by atoms with E-state index in [1.54, 1.807) is 12.7 Å².